The first-order chi connectivity index (χ1) is 16.5. The molecule has 0 fully saturated rings. The number of fused-ring (bicyclic) bond motifs is 1. The molecule has 178 valence electrons. The Morgan fingerprint density at radius 1 is 0.914 bits per heavy atom. The number of rotatable bonds is 4. The largest absolute Gasteiger partial charge is 0.435 e. The van der Waals surface area contributed by atoms with Gasteiger partial charge in [0.15, 0.2) is 11.4 Å². The van der Waals surface area contributed by atoms with Crippen LogP contribution in [-0.4, -0.2) is 24.9 Å². The molecule has 0 amide bonds. The lowest BCUT2D eigenvalue weighted by atomic mass is 9.95. The van der Waals surface area contributed by atoms with Crippen LogP contribution in [0.5, 0.6) is 0 Å². The highest BCUT2D eigenvalue weighted by Crippen LogP contribution is 2.40. The van der Waals surface area contributed by atoms with Gasteiger partial charge in [0.1, 0.15) is 17.4 Å². The van der Waals surface area contributed by atoms with E-state index in [9.17, 15) is 18.3 Å². The smallest absolute Gasteiger partial charge is 0.420 e. The van der Waals surface area contributed by atoms with Crippen molar-refractivity contribution >= 4 is 11.1 Å². The third-order valence-electron chi connectivity index (χ3n) is 5.80. The van der Waals surface area contributed by atoms with E-state index in [1.54, 1.807) is 18.5 Å². The Bertz CT molecular complexity index is 1540. The first-order valence-electron chi connectivity index (χ1n) is 10.8. The lowest BCUT2D eigenvalue weighted by Crippen LogP contribution is -2.17. The minimum atomic E-state index is -4.67. The van der Waals surface area contributed by atoms with Crippen molar-refractivity contribution in [3.8, 4) is 34.0 Å². The Labute approximate surface area is 198 Å². The number of oxazole rings is 1. The van der Waals surface area contributed by atoms with Crippen molar-refractivity contribution in [1.29, 1.82) is 0 Å². The number of nitrogens with zero attached hydrogens (tertiary/aromatic N) is 4. The molecular formula is C26H21F3N4O2. The van der Waals surface area contributed by atoms with Gasteiger partial charge in [0.05, 0.1) is 5.60 Å². The van der Waals surface area contributed by atoms with Gasteiger partial charge in [-0.15, -0.1) is 10.2 Å². The normalized spacial score (nSPS) is 12.4. The van der Waals surface area contributed by atoms with Crippen LogP contribution in [0.15, 0.2) is 71.4 Å². The van der Waals surface area contributed by atoms with Gasteiger partial charge in [0, 0.05) is 18.2 Å². The van der Waals surface area contributed by atoms with Crippen LogP contribution in [0.1, 0.15) is 25.0 Å². The van der Waals surface area contributed by atoms with E-state index in [-0.39, 0.29) is 22.6 Å². The maximum atomic E-state index is 13.8. The summed E-state index contributed by atoms with van der Waals surface area (Å²) in [7, 11) is 1.85. The molecule has 0 aliphatic carbocycles. The Morgan fingerprint density at radius 2 is 1.63 bits per heavy atom. The molecular weight excluding hydrogens is 457 g/mol. The van der Waals surface area contributed by atoms with Crippen LogP contribution in [0.2, 0.25) is 0 Å². The molecule has 0 unspecified atom stereocenters. The summed E-state index contributed by atoms with van der Waals surface area (Å²) in [6.45, 7) is 2.85. The zero-order valence-corrected chi connectivity index (χ0v) is 19.1. The van der Waals surface area contributed by atoms with Gasteiger partial charge >= 0.3 is 6.18 Å². The van der Waals surface area contributed by atoms with Crippen molar-refractivity contribution in [1.82, 2.24) is 19.7 Å². The van der Waals surface area contributed by atoms with Gasteiger partial charge in [-0.1, -0.05) is 36.4 Å². The van der Waals surface area contributed by atoms with Gasteiger partial charge < -0.3 is 14.1 Å². The highest BCUT2D eigenvalue weighted by Gasteiger charge is 2.37. The van der Waals surface area contributed by atoms with Crippen LogP contribution in [-0.2, 0) is 18.8 Å². The summed E-state index contributed by atoms with van der Waals surface area (Å²) in [4.78, 5) is 4.35. The third-order valence-corrected chi connectivity index (χ3v) is 5.80. The average molecular weight is 478 g/mol. The first-order valence-corrected chi connectivity index (χ1v) is 10.8. The number of hydrogen-bond acceptors (Lipinski definition) is 5. The first kappa shape index (κ1) is 22.8. The second-order valence-electron chi connectivity index (χ2n) is 8.84. The molecule has 3 aromatic carbocycles. The van der Waals surface area contributed by atoms with Crippen molar-refractivity contribution in [2.75, 3.05) is 0 Å². The molecule has 2 heterocycles. The minimum absolute atomic E-state index is 0.0248. The summed E-state index contributed by atoms with van der Waals surface area (Å²) in [6.07, 6.45) is -3.06. The van der Waals surface area contributed by atoms with Gasteiger partial charge in [0.2, 0.25) is 5.89 Å². The van der Waals surface area contributed by atoms with Crippen LogP contribution in [0, 0.1) is 0 Å². The highest BCUT2D eigenvalue weighted by molar-refractivity contribution is 5.84. The van der Waals surface area contributed by atoms with E-state index in [0.29, 0.717) is 11.4 Å². The van der Waals surface area contributed by atoms with Gasteiger partial charge in [-0.05, 0) is 54.8 Å². The Kier molecular flexibility index (Phi) is 5.25. The van der Waals surface area contributed by atoms with E-state index in [1.807, 2.05) is 48.0 Å². The number of aliphatic hydroxyl groups is 1. The van der Waals surface area contributed by atoms with Crippen LogP contribution in [0.3, 0.4) is 0 Å². The van der Waals surface area contributed by atoms with Gasteiger partial charge in [-0.3, -0.25) is 0 Å². The second kappa shape index (κ2) is 8.06. The number of aryl methyl sites for hydroxylation is 1. The molecule has 0 aliphatic heterocycles. The molecule has 1 N–H and O–H groups in total. The maximum Gasteiger partial charge on any atom is 0.420 e. The topological polar surface area (TPSA) is 77.0 Å². The molecule has 0 atom stereocenters. The Hall–Kier alpha value is -3.98. The van der Waals surface area contributed by atoms with Crippen LogP contribution in [0.4, 0.5) is 13.2 Å². The lowest BCUT2D eigenvalue weighted by molar-refractivity contribution is -0.137. The van der Waals surface area contributed by atoms with E-state index >= 15 is 0 Å². The van der Waals surface area contributed by atoms with Crippen molar-refractivity contribution in [2.45, 2.75) is 25.6 Å². The molecule has 5 rings (SSSR count). The van der Waals surface area contributed by atoms with E-state index in [2.05, 4.69) is 15.2 Å². The van der Waals surface area contributed by atoms with Crippen LogP contribution in [0.25, 0.3) is 45.1 Å². The molecule has 0 bridgehead atoms. The predicted octanol–water partition coefficient (Wildman–Crippen LogP) is 6.20. The molecule has 0 aliphatic rings. The molecule has 0 saturated carbocycles. The standard InChI is InChI=1S/C26H21F3N4O2/c1-25(2,34)17-12-20(26(27,28)29)22-21(13-17)31-24(35-22)16-8-6-7-15(11-16)18-9-4-5-10-19(18)23-32-30-14-33(23)3/h4-14,34H,1-3H3. The molecule has 0 saturated heterocycles. The molecule has 5 aromatic rings. The van der Waals surface area contributed by atoms with Crippen molar-refractivity contribution in [2.24, 2.45) is 7.05 Å². The fraction of sp³-hybridized carbons (Fsp3) is 0.192. The van der Waals surface area contributed by atoms with Crippen molar-refractivity contribution in [3.05, 3.63) is 78.1 Å². The van der Waals surface area contributed by atoms with E-state index in [1.165, 1.54) is 19.9 Å². The van der Waals surface area contributed by atoms with Gasteiger partial charge in [-0.25, -0.2) is 4.98 Å². The SMILES string of the molecule is Cn1cnnc1-c1ccccc1-c1cccc(-c2nc3cc(C(C)(C)O)cc(C(F)(F)F)c3o2)c1. The summed E-state index contributed by atoms with van der Waals surface area (Å²) in [5, 5.41) is 18.5. The summed E-state index contributed by atoms with van der Waals surface area (Å²) in [6, 6.07) is 17.2. The van der Waals surface area contributed by atoms with E-state index < -0.39 is 17.3 Å². The van der Waals surface area contributed by atoms with E-state index in [0.717, 1.165) is 22.8 Å². The fourth-order valence-corrected chi connectivity index (χ4v) is 4.00. The minimum Gasteiger partial charge on any atom is -0.435 e. The molecule has 9 heteroatoms. The highest BCUT2D eigenvalue weighted by atomic mass is 19.4. The summed E-state index contributed by atoms with van der Waals surface area (Å²) in [5.74, 6) is 0.734. The molecule has 35 heavy (non-hydrogen) atoms. The Morgan fingerprint density at radius 3 is 2.29 bits per heavy atom. The quantitative estimate of drug-likeness (QED) is 0.333. The van der Waals surface area contributed by atoms with Crippen molar-refractivity contribution < 1.29 is 22.7 Å². The number of aromatic nitrogens is 4. The maximum absolute atomic E-state index is 13.8. The summed E-state index contributed by atoms with van der Waals surface area (Å²) >= 11 is 0. The van der Waals surface area contributed by atoms with E-state index in [4.69, 9.17) is 4.42 Å². The number of benzene rings is 3. The fourth-order valence-electron chi connectivity index (χ4n) is 4.00. The zero-order valence-electron chi connectivity index (χ0n) is 19.1. The molecule has 6 nitrogen and oxygen atoms in total. The molecule has 2 aromatic heterocycles. The second-order valence-corrected chi connectivity index (χ2v) is 8.84. The predicted molar refractivity (Wildman–Crippen MR) is 125 cm³/mol. The van der Waals surface area contributed by atoms with Gasteiger partial charge in [0.25, 0.3) is 0 Å². The lowest BCUT2D eigenvalue weighted by Gasteiger charge is -2.19. The van der Waals surface area contributed by atoms with Gasteiger partial charge in [-0.2, -0.15) is 13.2 Å². The monoisotopic (exact) mass is 478 g/mol. The molecule has 0 spiro atoms. The van der Waals surface area contributed by atoms with Crippen LogP contribution < -0.4 is 0 Å². The third kappa shape index (κ3) is 4.19. The summed E-state index contributed by atoms with van der Waals surface area (Å²) in [5.41, 5.74) is 0.371. The number of halogens is 3. The Balaban J connectivity index is 1.65. The summed E-state index contributed by atoms with van der Waals surface area (Å²) < 4.78 is 48.9. The van der Waals surface area contributed by atoms with Crippen LogP contribution >= 0.6 is 0 Å². The average Bonchev–Trinajstić information content (AvgIpc) is 3.43. The van der Waals surface area contributed by atoms with Crippen molar-refractivity contribution in [3.63, 3.8) is 0 Å². The molecule has 0 radical (unpaired) electrons. The number of hydrogen-bond donors (Lipinski definition) is 1. The number of alkyl halides is 3. The zero-order chi connectivity index (χ0) is 25.0.